The van der Waals surface area contributed by atoms with Crippen LogP contribution >= 0.6 is 28.8 Å². The van der Waals surface area contributed by atoms with Crippen molar-refractivity contribution in [3.63, 3.8) is 0 Å². The lowest BCUT2D eigenvalue weighted by Crippen LogP contribution is -1.93. The van der Waals surface area contributed by atoms with Crippen LogP contribution in [0, 0.1) is 5.82 Å². The Kier molecular flexibility index (Phi) is 3.55. The molecule has 0 aliphatic carbocycles. The van der Waals surface area contributed by atoms with Crippen molar-refractivity contribution in [1.82, 2.24) is 0 Å². The van der Waals surface area contributed by atoms with Gasteiger partial charge in [0.05, 0.1) is 10.6 Å². The summed E-state index contributed by atoms with van der Waals surface area (Å²) < 4.78 is 18.0. The first-order chi connectivity index (χ1) is 5.65. The molecule has 0 heterocycles. The van der Waals surface area contributed by atoms with E-state index in [1.807, 2.05) is 6.92 Å². The van der Waals surface area contributed by atoms with Gasteiger partial charge < -0.3 is 4.18 Å². The van der Waals surface area contributed by atoms with Gasteiger partial charge in [0.15, 0.2) is 0 Å². The maximum atomic E-state index is 12.8. The Labute approximate surface area is 84.7 Å². The number of benzene rings is 1. The molecule has 0 aliphatic heterocycles. The Morgan fingerprint density at radius 3 is 2.75 bits per heavy atom. The number of rotatable bonds is 2. The standard InChI is InChI=1S/C8H8BrFOS/c1-5(11-12)6-2-3-8(10)7(9)4-6/h2-5,12H,1H3/t5-/m0/s1. The lowest BCUT2D eigenvalue weighted by atomic mass is 10.1. The number of thiol groups is 1. The predicted octanol–water partition coefficient (Wildman–Crippen LogP) is 3.51. The predicted molar refractivity (Wildman–Crippen MR) is 52.6 cm³/mol. The molecule has 0 bridgehead atoms. The van der Waals surface area contributed by atoms with Crippen LogP contribution in [0.1, 0.15) is 18.6 Å². The molecule has 0 saturated heterocycles. The second-order valence-electron chi connectivity index (χ2n) is 2.42. The van der Waals surface area contributed by atoms with Crippen LogP contribution in [-0.4, -0.2) is 0 Å². The topological polar surface area (TPSA) is 9.23 Å². The van der Waals surface area contributed by atoms with Crippen LogP contribution in [0.25, 0.3) is 0 Å². The van der Waals surface area contributed by atoms with Crippen molar-refractivity contribution in [1.29, 1.82) is 0 Å². The molecule has 0 unspecified atom stereocenters. The Hall–Kier alpha value is -0.0600. The van der Waals surface area contributed by atoms with Crippen molar-refractivity contribution in [2.45, 2.75) is 13.0 Å². The molecule has 0 aliphatic rings. The van der Waals surface area contributed by atoms with Crippen LogP contribution < -0.4 is 0 Å². The summed E-state index contributed by atoms with van der Waals surface area (Å²) in [6.07, 6.45) is -0.134. The highest BCUT2D eigenvalue weighted by molar-refractivity contribution is 9.10. The molecular formula is C8H8BrFOS. The van der Waals surface area contributed by atoms with E-state index in [1.54, 1.807) is 12.1 Å². The first kappa shape index (κ1) is 10.0. The van der Waals surface area contributed by atoms with Gasteiger partial charge in [-0.05, 0) is 53.5 Å². The van der Waals surface area contributed by atoms with Gasteiger partial charge in [-0.2, -0.15) is 0 Å². The Morgan fingerprint density at radius 2 is 2.25 bits per heavy atom. The van der Waals surface area contributed by atoms with Crippen LogP contribution in [0.15, 0.2) is 22.7 Å². The molecule has 66 valence electrons. The normalized spacial score (nSPS) is 13.0. The van der Waals surface area contributed by atoms with Crippen molar-refractivity contribution in [3.05, 3.63) is 34.1 Å². The molecule has 0 saturated carbocycles. The molecule has 0 aromatic heterocycles. The summed E-state index contributed by atoms with van der Waals surface area (Å²) in [6.45, 7) is 1.84. The number of hydrogen-bond acceptors (Lipinski definition) is 2. The molecule has 12 heavy (non-hydrogen) atoms. The third kappa shape index (κ3) is 2.21. The number of halogens is 2. The van der Waals surface area contributed by atoms with Gasteiger partial charge in [-0.25, -0.2) is 4.39 Å². The summed E-state index contributed by atoms with van der Waals surface area (Å²) in [6, 6.07) is 4.74. The van der Waals surface area contributed by atoms with Gasteiger partial charge >= 0.3 is 0 Å². The van der Waals surface area contributed by atoms with E-state index in [1.165, 1.54) is 6.07 Å². The van der Waals surface area contributed by atoms with Gasteiger partial charge in [0.1, 0.15) is 5.82 Å². The lowest BCUT2D eigenvalue weighted by Gasteiger charge is -2.08. The molecular weight excluding hydrogens is 243 g/mol. The van der Waals surface area contributed by atoms with Gasteiger partial charge in [0.25, 0.3) is 0 Å². The summed E-state index contributed by atoms with van der Waals surface area (Å²) in [5.41, 5.74) is 0.887. The first-order valence-electron chi connectivity index (χ1n) is 3.40. The van der Waals surface area contributed by atoms with Gasteiger partial charge in [-0.15, -0.1) is 0 Å². The largest absolute Gasteiger partial charge is 0.311 e. The van der Waals surface area contributed by atoms with E-state index in [4.69, 9.17) is 4.18 Å². The van der Waals surface area contributed by atoms with Gasteiger partial charge in [-0.1, -0.05) is 6.07 Å². The zero-order valence-corrected chi connectivity index (χ0v) is 8.90. The lowest BCUT2D eigenvalue weighted by molar-refractivity contribution is 0.278. The Balaban J connectivity index is 2.96. The zero-order valence-electron chi connectivity index (χ0n) is 6.42. The average molecular weight is 251 g/mol. The summed E-state index contributed by atoms with van der Waals surface area (Å²) in [5, 5.41) is 0. The molecule has 1 aromatic rings. The SMILES string of the molecule is C[C@H](OS)c1ccc(F)c(Br)c1. The average Bonchev–Trinajstić information content (AvgIpc) is 2.08. The second-order valence-corrected chi connectivity index (χ2v) is 3.49. The van der Waals surface area contributed by atoms with E-state index in [0.29, 0.717) is 4.47 Å². The molecule has 1 atom stereocenters. The Morgan fingerprint density at radius 1 is 1.58 bits per heavy atom. The van der Waals surface area contributed by atoms with Crippen molar-refractivity contribution < 1.29 is 8.57 Å². The molecule has 0 fully saturated rings. The van der Waals surface area contributed by atoms with E-state index >= 15 is 0 Å². The monoisotopic (exact) mass is 250 g/mol. The minimum Gasteiger partial charge on any atom is -0.311 e. The molecule has 1 nitrogen and oxygen atoms in total. The third-order valence-corrected chi connectivity index (χ3v) is 2.50. The van der Waals surface area contributed by atoms with E-state index in [-0.39, 0.29) is 11.9 Å². The maximum absolute atomic E-state index is 12.8. The van der Waals surface area contributed by atoms with Gasteiger partial charge in [-0.3, -0.25) is 0 Å². The summed E-state index contributed by atoms with van der Waals surface area (Å²) in [5.74, 6) is -0.273. The molecule has 0 radical (unpaired) electrons. The molecule has 4 heteroatoms. The minimum atomic E-state index is -0.273. The smallest absolute Gasteiger partial charge is 0.137 e. The highest BCUT2D eigenvalue weighted by atomic mass is 79.9. The fraction of sp³-hybridized carbons (Fsp3) is 0.250. The van der Waals surface area contributed by atoms with Crippen LogP contribution in [-0.2, 0) is 4.18 Å². The third-order valence-electron chi connectivity index (χ3n) is 1.57. The number of hydrogen-bond donors (Lipinski definition) is 1. The van der Waals surface area contributed by atoms with Gasteiger partial charge in [0.2, 0.25) is 0 Å². The van der Waals surface area contributed by atoms with Crippen LogP contribution in [0.3, 0.4) is 0 Å². The van der Waals surface area contributed by atoms with E-state index in [9.17, 15) is 4.39 Å². The van der Waals surface area contributed by atoms with Crippen LogP contribution in [0.4, 0.5) is 4.39 Å². The van der Waals surface area contributed by atoms with Crippen molar-refractivity contribution >= 4 is 28.8 Å². The maximum Gasteiger partial charge on any atom is 0.137 e. The fourth-order valence-electron chi connectivity index (χ4n) is 0.826. The van der Waals surface area contributed by atoms with E-state index < -0.39 is 0 Å². The molecule has 0 N–H and O–H groups in total. The van der Waals surface area contributed by atoms with Crippen molar-refractivity contribution in [2.75, 3.05) is 0 Å². The van der Waals surface area contributed by atoms with Gasteiger partial charge in [0, 0.05) is 0 Å². The summed E-state index contributed by atoms with van der Waals surface area (Å²) >= 11 is 6.77. The van der Waals surface area contributed by atoms with E-state index in [0.717, 1.165) is 5.56 Å². The Bertz CT molecular complexity index is 280. The highest BCUT2D eigenvalue weighted by Gasteiger charge is 2.06. The van der Waals surface area contributed by atoms with Crippen molar-refractivity contribution in [2.24, 2.45) is 0 Å². The second kappa shape index (κ2) is 4.25. The first-order valence-corrected chi connectivity index (χ1v) is 4.56. The molecule has 1 rings (SSSR count). The fourth-order valence-corrected chi connectivity index (χ4v) is 1.34. The van der Waals surface area contributed by atoms with Crippen LogP contribution in [0.2, 0.25) is 0 Å². The molecule has 0 spiro atoms. The van der Waals surface area contributed by atoms with E-state index in [2.05, 4.69) is 28.8 Å². The summed E-state index contributed by atoms with van der Waals surface area (Å²) in [4.78, 5) is 0. The molecule has 0 amide bonds. The van der Waals surface area contributed by atoms with Crippen LogP contribution in [0.5, 0.6) is 0 Å². The summed E-state index contributed by atoms with van der Waals surface area (Å²) in [7, 11) is 0. The minimum absolute atomic E-state index is 0.134. The highest BCUT2D eigenvalue weighted by Crippen LogP contribution is 2.23. The quantitative estimate of drug-likeness (QED) is 0.625. The molecule has 1 aromatic carbocycles. The van der Waals surface area contributed by atoms with Crippen molar-refractivity contribution in [3.8, 4) is 0 Å². The zero-order chi connectivity index (χ0) is 9.14.